The molecule has 0 saturated heterocycles. The Kier molecular flexibility index (Phi) is 4.23. The molecule has 2 aromatic rings. The van der Waals surface area contributed by atoms with Gasteiger partial charge in [0.25, 0.3) is 5.69 Å². The van der Waals surface area contributed by atoms with Crippen LogP contribution in [-0.2, 0) is 0 Å². The summed E-state index contributed by atoms with van der Waals surface area (Å²) in [7, 11) is 0. The third-order valence-corrected chi connectivity index (χ3v) is 3.30. The van der Waals surface area contributed by atoms with Gasteiger partial charge >= 0.3 is 0 Å². The molecule has 1 unspecified atom stereocenters. The van der Waals surface area contributed by atoms with Crippen molar-refractivity contribution < 1.29 is 9.66 Å². The van der Waals surface area contributed by atoms with Gasteiger partial charge in [-0.05, 0) is 50.1 Å². The first-order valence-corrected chi connectivity index (χ1v) is 6.67. The fourth-order valence-electron chi connectivity index (χ4n) is 2.12. The highest BCUT2D eigenvalue weighted by Crippen LogP contribution is 2.32. The van der Waals surface area contributed by atoms with Gasteiger partial charge in [-0.25, -0.2) is 0 Å². The third kappa shape index (κ3) is 3.38. The SMILES string of the molecule is Cc1cc(C)c([N+](=O)[O-])cc1Oc1cccc(C(C)N)c1. The average Bonchev–Trinajstić information content (AvgIpc) is 2.41. The van der Waals surface area contributed by atoms with E-state index in [9.17, 15) is 10.1 Å². The third-order valence-electron chi connectivity index (χ3n) is 3.30. The molecule has 2 rings (SSSR count). The molecule has 0 fully saturated rings. The van der Waals surface area contributed by atoms with Gasteiger partial charge in [0.05, 0.1) is 11.0 Å². The van der Waals surface area contributed by atoms with E-state index in [1.165, 1.54) is 6.07 Å². The van der Waals surface area contributed by atoms with Crippen molar-refractivity contribution in [2.45, 2.75) is 26.8 Å². The molecule has 0 heterocycles. The van der Waals surface area contributed by atoms with E-state index in [2.05, 4.69) is 0 Å². The van der Waals surface area contributed by atoms with Gasteiger partial charge in [0, 0.05) is 11.6 Å². The number of nitrogens with two attached hydrogens (primary N) is 1. The van der Waals surface area contributed by atoms with Crippen LogP contribution in [0.2, 0.25) is 0 Å². The second-order valence-electron chi connectivity index (χ2n) is 5.12. The molecule has 21 heavy (non-hydrogen) atoms. The summed E-state index contributed by atoms with van der Waals surface area (Å²) in [4.78, 5) is 10.6. The van der Waals surface area contributed by atoms with Crippen LogP contribution < -0.4 is 10.5 Å². The Balaban J connectivity index is 2.37. The molecule has 2 aromatic carbocycles. The molecule has 0 spiro atoms. The standard InChI is InChI=1S/C16H18N2O3/c1-10-7-11(2)16(9-15(10)18(19)20)21-14-6-4-5-13(8-14)12(3)17/h4-9,12H,17H2,1-3H3. The number of benzene rings is 2. The number of hydrogen-bond donors (Lipinski definition) is 1. The summed E-state index contributed by atoms with van der Waals surface area (Å²) in [6.45, 7) is 5.47. The Hall–Kier alpha value is -2.40. The first-order valence-electron chi connectivity index (χ1n) is 6.67. The molecule has 0 radical (unpaired) electrons. The zero-order chi connectivity index (χ0) is 15.6. The molecule has 0 bridgehead atoms. The number of aryl methyl sites for hydroxylation is 2. The minimum absolute atomic E-state index is 0.0546. The maximum atomic E-state index is 11.0. The van der Waals surface area contributed by atoms with Gasteiger partial charge in [-0.15, -0.1) is 0 Å². The molecule has 5 heteroatoms. The molecular weight excluding hydrogens is 268 g/mol. The minimum Gasteiger partial charge on any atom is -0.457 e. The lowest BCUT2D eigenvalue weighted by atomic mass is 10.1. The highest BCUT2D eigenvalue weighted by molar-refractivity contribution is 5.51. The summed E-state index contributed by atoms with van der Waals surface area (Å²) in [5.41, 5.74) is 8.32. The molecule has 2 N–H and O–H groups in total. The van der Waals surface area contributed by atoms with E-state index >= 15 is 0 Å². The lowest BCUT2D eigenvalue weighted by Crippen LogP contribution is -2.04. The molecular formula is C16H18N2O3. The van der Waals surface area contributed by atoms with Crippen LogP contribution in [0.4, 0.5) is 5.69 Å². The summed E-state index contributed by atoms with van der Waals surface area (Å²) in [5.74, 6) is 1.10. The summed E-state index contributed by atoms with van der Waals surface area (Å²) in [6, 6.07) is 10.5. The molecule has 0 aliphatic heterocycles. The van der Waals surface area contributed by atoms with Crippen LogP contribution in [0.25, 0.3) is 0 Å². The predicted molar refractivity (Wildman–Crippen MR) is 81.7 cm³/mol. The van der Waals surface area contributed by atoms with Crippen LogP contribution in [0, 0.1) is 24.0 Å². The molecule has 0 aromatic heterocycles. The zero-order valence-corrected chi connectivity index (χ0v) is 12.3. The predicted octanol–water partition coefficient (Wildman–Crippen LogP) is 4.02. The minimum atomic E-state index is -0.403. The van der Waals surface area contributed by atoms with Crippen molar-refractivity contribution in [3.8, 4) is 11.5 Å². The largest absolute Gasteiger partial charge is 0.457 e. The van der Waals surface area contributed by atoms with Crippen molar-refractivity contribution in [3.05, 3.63) is 63.2 Å². The van der Waals surface area contributed by atoms with Crippen LogP contribution in [0.1, 0.15) is 29.7 Å². The topological polar surface area (TPSA) is 78.4 Å². The second kappa shape index (κ2) is 5.93. The van der Waals surface area contributed by atoms with Gasteiger partial charge in [-0.3, -0.25) is 10.1 Å². The van der Waals surface area contributed by atoms with E-state index in [1.54, 1.807) is 19.1 Å². The van der Waals surface area contributed by atoms with Crippen LogP contribution >= 0.6 is 0 Å². The van der Waals surface area contributed by atoms with E-state index < -0.39 is 4.92 Å². The summed E-state index contributed by atoms with van der Waals surface area (Å²) < 4.78 is 5.79. The molecule has 0 amide bonds. The van der Waals surface area contributed by atoms with Crippen molar-refractivity contribution in [2.24, 2.45) is 5.73 Å². The van der Waals surface area contributed by atoms with Gasteiger partial charge in [-0.2, -0.15) is 0 Å². The smallest absolute Gasteiger partial charge is 0.276 e. The van der Waals surface area contributed by atoms with Crippen molar-refractivity contribution in [1.29, 1.82) is 0 Å². The van der Waals surface area contributed by atoms with Crippen molar-refractivity contribution in [3.63, 3.8) is 0 Å². The highest BCUT2D eigenvalue weighted by atomic mass is 16.6. The zero-order valence-electron chi connectivity index (χ0n) is 12.3. The Bertz CT molecular complexity index is 681. The van der Waals surface area contributed by atoms with Crippen LogP contribution in [-0.4, -0.2) is 4.92 Å². The van der Waals surface area contributed by atoms with Gasteiger partial charge in [0.2, 0.25) is 0 Å². The Morgan fingerprint density at radius 1 is 1.19 bits per heavy atom. The number of nitro benzene ring substituents is 1. The monoisotopic (exact) mass is 286 g/mol. The molecule has 110 valence electrons. The quantitative estimate of drug-likeness (QED) is 0.680. The van der Waals surface area contributed by atoms with Crippen LogP contribution in [0.5, 0.6) is 11.5 Å². The van der Waals surface area contributed by atoms with Gasteiger partial charge in [-0.1, -0.05) is 12.1 Å². The van der Waals surface area contributed by atoms with Crippen molar-refractivity contribution >= 4 is 5.69 Å². The summed E-state index contributed by atoms with van der Waals surface area (Å²) in [5, 5.41) is 11.0. The lowest BCUT2D eigenvalue weighted by molar-refractivity contribution is -0.385. The second-order valence-corrected chi connectivity index (χ2v) is 5.12. The Morgan fingerprint density at radius 3 is 2.52 bits per heavy atom. The number of hydrogen-bond acceptors (Lipinski definition) is 4. The van der Waals surface area contributed by atoms with E-state index in [4.69, 9.17) is 10.5 Å². The maximum absolute atomic E-state index is 11.0. The fraction of sp³-hybridized carbons (Fsp3) is 0.250. The number of nitro groups is 1. The van der Waals surface area contributed by atoms with Gasteiger partial charge in [0.15, 0.2) is 0 Å². The highest BCUT2D eigenvalue weighted by Gasteiger charge is 2.15. The fourth-order valence-corrected chi connectivity index (χ4v) is 2.12. The molecule has 0 aliphatic rings. The van der Waals surface area contributed by atoms with Gasteiger partial charge < -0.3 is 10.5 Å². The molecule has 0 aliphatic carbocycles. The van der Waals surface area contributed by atoms with Gasteiger partial charge in [0.1, 0.15) is 11.5 Å². The van der Waals surface area contributed by atoms with E-state index in [-0.39, 0.29) is 11.7 Å². The van der Waals surface area contributed by atoms with E-state index in [0.29, 0.717) is 17.1 Å². The summed E-state index contributed by atoms with van der Waals surface area (Å²) in [6.07, 6.45) is 0. The molecule has 1 atom stereocenters. The van der Waals surface area contributed by atoms with Crippen LogP contribution in [0.15, 0.2) is 36.4 Å². The molecule has 5 nitrogen and oxygen atoms in total. The average molecular weight is 286 g/mol. The molecule has 0 saturated carbocycles. The summed E-state index contributed by atoms with van der Waals surface area (Å²) >= 11 is 0. The number of nitrogens with zero attached hydrogens (tertiary/aromatic N) is 1. The number of rotatable bonds is 4. The normalized spacial score (nSPS) is 12.0. The first kappa shape index (κ1) is 15.0. The van der Waals surface area contributed by atoms with Crippen molar-refractivity contribution in [1.82, 2.24) is 0 Å². The lowest BCUT2D eigenvalue weighted by Gasteiger charge is -2.12. The maximum Gasteiger partial charge on any atom is 0.276 e. The van der Waals surface area contributed by atoms with E-state index in [1.807, 2.05) is 32.0 Å². The van der Waals surface area contributed by atoms with E-state index in [0.717, 1.165) is 11.1 Å². The van der Waals surface area contributed by atoms with Crippen molar-refractivity contribution in [2.75, 3.05) is 0 Å². The number of ether oxygens (including phenoxy) is 1. The first-order chi connectivity index (χ1) is 9.88. The Labute approximate surface area is 123 Å². The van der Waals surface area contributed by atoms with Crippen LogP contribution in [0.3, 0.4) is 0 Å². The Morgan fingerprint density at radius 2 is 1.90 bits per heavy atom.